The first-order valence-electron chi connectivity index (χ1n) is 8.92. The van der Waals surface area contributed by atoms with E-state index in [0.717, 1.165) is 4.57 Å². The van der Waals surface area contributed by atoms with Crippen LogP contribution in [0.15, 0.2) is 46.0 Å². The van der Waals surface area contributed by atoms with Crippen LogP contribution in [0.1, 0.15) is 0 Å². The van der Waals surface area contributed by atoms with Crippen LogP contribution in [0.2, 0.25) is 5.02 Å². The smallest absolute Gasteiger partial charge is 0.332 e. The van der Waals surface area contributed by atoms with E-state index in [-0.39, 0.29) is 27.4 Å². The number of aromatic nitrogens is 2. The summed E-state index contributed by atoms with van der Waals surface area (Å²) < 4.78 is 12.0. The number of anilines is 1. The number of carbonyl (C=O) groups excluding carboxylic acids is 1. The third kappa shape index (κ3) is 4.38. The van der Waals surface area contributed by atoms with Gasteiger partial charge in [-0.1, -0.05) is 23.7 Å². The van der Waals surface area contributed by atoms with E-state index >= 15 is 0 Å². The van der Waals surface area contributed by atoms with Gasteiger partial charge in [0.1, 0.15) is 24.6 Å². The Kier molecular flexibility index (Phi) is 6.30. The fourth-order valence-electron chi connectivity index (χ4n) is 3.09. The Bertz CT molecular complexity index is 1300. The Morgan fingerprint density at radius 2 is 1.71 bits per heavy atom. The van der Waals surface area contributed by atoms with E-state index in [1.54, 1.807) is 12.1 Å². The quantitative estimate of drug-likeness (QED) is 0.562. The number of carboxylic acids is 1. The van der Waals surface area contributed by atoms with Crippen molar-refractivity contribution in [1.29, 1.82) is 0 Å². The Morgan fingerprint density at radius 1 is 1.03 bits per heavy atom. The van der Waals surface area contributed by atoms with Gasteiger partial charge in [0.15, 0.2) is 0 Å². The largest absolute Gasteiger partial charge is 0.495 e. The molecule has 31 heavy (non-hydrogen) atoms. The molecule has 0 aliphatic heterocycles. The van der Waals surface area contributed by atoms with Crippen LogP contribution in [-0.2, 0) is 22.7 Å². The molecule has 0 saturated carbocycles. The summed E-state index contributed by atoms with van der Waals surface area (Å²) in [6.45, 7) is -1.31. The summed E-state index contributed by atoms with van der Waals surface area (Å²) in [6.07, 6.45) is 0. The normalized spacial score (nSPS) is 10.7. The average molecular weight is 448 g/mol. The van der Waals surface area contributed by atoms with Crippen molar-refractivity contribution in [3.05, 3.63) is 62.3 Å². The van der Waals surface area contributed by atoms with Crippen LogP contribution in [0.3, 0.4) is 0 Å². The van der Waals surface area contributed by atoms with Crippen molar-refractivity contribution >= 4 is 40.1 Å². The van der Waals surface area contributed by atoms with E-state index in [1.807, 2.05) is 0 Å². The number of nitrogens with zero attached hydrogens (tertiary/aromatic N) is 2. The third-order valence-corrected chi connectivity index (χ3v) is 4.77. The number of ether oxygens (including phenoxy) is 2. The van der Waals surface area contributed by atoms with Crippen LogP contribution in [0.25, 0.3) is 10.9 Å². The molecule has 10 nitrogen and oxygen atoms in total. The minimum absolute atomic E-state index is 0.112. The van der Waals surface area contributed by atoms with Gasteiger partial charge in [-0.05, 0) is 18.2 Å². The van der Waals surface area contributed by atoms with Gasteiger partial charge < -0.3 is 19.9 Å². The van der Waals surface area contributed by atoms with Gasteiger partial charge in [0.25, 0.3) is 5.56 Å². The lowest BCUT2D eigenvalue weighted by Crippen LogP contribution is -2.43. The lowest BCUT2D eigenvalue weighted by molar-refractivity contribution is -0.137. The van der Waals surface area contributed by atoms with Crippen LogP contribution >= 0.6 is 11.6 Å². The van der Waals surface area contributed by atoms with Gasteiger partial charge in [0.2, 0.25) is 5.91 Å². The van der Waals surface area contributed by atoms with E-state index in [2.05, 4.69) is 5.32 Å². The predicted octanol–water partition coefficient (Wildman–Crippen LogP) is 1.56. The minimum atomic E-state index is -1.36. The molecule has 3 rings (SSSR count). The zero-order chi connectivity index (χ0) is 22.7. The van der Waals surface area contributed by atoms with Gasteiger partial charge in [-0.25, -0.2) is 9.36 Å². The lowest BCUT2D eigenvalue weighted by atomic mass is 10.2. The number of benzene rings is 2. The molecule has 0 unspecified atom stereocenters. The van der Waals surface area contributed by atoms with Crippen molar-refractivity contribution in [3.63, 3.8) is 0 Å². The van der Waals surface area contributed by atoms with Crippen molar-refractivity contribution in [3.8, 4) is 11.5 Å². The van der Waals surface area contributed by atoms with Gasteiger partial charge in [-0.3, -0.25) is 19.0 Å². The highest BCUT2D eigenvalue weighted by Gasteiger charge is 2.18. The number of rotatable bonds is 7. The topological polar surface area (TPSA) is 129 Å². The summed E-state index contributed by atoms with van der Waals surface area (Å²) in [7, 11) is 2.83. The van der Waals surface area contributed by atoms with E-state index in [1.165, 1.54) is 38.5 Å². The molecule has 0 aliphatic carbocycles. The summed E-state index contributed by atoms with van der Waals surface area (Å²) in [5.74, 6) is -1.35. The molecule has 0 radical (unpaired) electrons. The fraction of sp³-hybridized carbons (Fsp3) is 0.200. The molecule has 0 atom stereocenters. The number of para-hydroxylation sites is 1. The number of hydrogen-bond acceptors (Lipinski definition) is 6. The molecule has 0 spiro atoms. The lowest BCUT2D eigenvalue weighted by Gasteiger charge is -2.15. The zero-order valence-electron chi connectivity index (χ0n) is 16.5. The zero-order valence-corrected chi connectivity index (χ0v) is 17.3. The number of hydrogen-bond donors (Lipinski definition) is 2. The Hall–Kier alpha value is -3.79. The van der Waals surface area contributed by atoms with Crippen molar-refractivity contribution in [2.24, 2.45) is 0 Å². The number of aliphatic carboxylic acids is 1. The summed E-state index contributed by atoms with van der Waals surface area (Å²) in [4.78, 5) is 49.2. The maximum absolute atomic E-state index is 12.8. The number of nitrogens with one attached hydrogen (secondary N) is 1. The third-order valence-electron chi connectivity index (χ3n) is 4.48. The second-order valence-electron chi connectivity index (χ2n) is 6.41. The van der Waals surface area contributed by atoms with E-state index in [9.17, 15) is 19.2 Å². The molecule has 1 aromatic heterocycles. The molecule has 0 bridgehead atoms. The van der Waals surface area contributed by atoms with E-state index < -0.39 is 36.2 Å². The highest BCUT2D eigenvalue weighted by Crippen LogP contribution is 2.35. The average Bonchev–Trinajstić information content (AvgIpc) is 2.74. The molecular weight excluding hydrogens is 430 g/mol. The molecule has 2 aromatic carbocycles. The number of methoxy groups -OCH3 is 2. The van der Waals surface area contributed by atoms with Crippen molar-refractivity contribution < 1.29 is 24.2 Å². The Balaban J connectivity index is 2.03. The Labute approximate surface area is 180 Å². The van der Waals surface area contributed by atoms with E-state index in [0.29, 0.717) is 10.3 Å². The predicted molar refractivity (Wildman–Crippen MR) is 113 cm³/mol. The van der Waals surface area contributed by atoms with Gasteiger partial charge in [-0.2, -0.15) is 0 Å². The first-order chi connectivity index (χ1) is 14.8. The molecule has 1 amide bonds. The van der Waals surface area contributed by atoms with Crippen molar-refractivity contribution in [2.75, 3.05) is 19.5 Å². The summed E-state index contributed by atoms with van der Waals surface area (Å²) in [5.41, 5.74) is -1.22. The number of carboxylic acid groups (broad SMARTS) is 1. The highest BCUT2D eigenvalue weighted by atomic mass is 35.5. The standard InChI is InChI=1S/C20H18ClN3O7/c1-30-15-8-16(31-2)13(7-12(15)21)22-17(25)9-23-14-6-4-3-5-11(14)19(28)24(20(23)29)10-18(26)27/h3-8H,9-10H2,1-2H3,(H,22,25)(H,26,27). The first kappa shape index (κ1) is 21.9. The van der Waals surface area contributed by atoms with Crippen LogP contribution in [0, 0.1) is 0 Å². The molecule has 11 heteroatoms. The molecule has 1 heterocycles. The fourth-order valence-corrected chi connectivity index (χ4v) is 3.33. The van der Waals surface area contributed by atoms with Gasteiger partial charge in [0, 0.05) is 6.07 Å². The number of halogens is 1. The highest BCUT2D eigenvalue weighted by molar-refractivity contribution is 6.32. The monoisotopic (exact) mass is 447 g/mol. The number of carbonyl (C=O) groups is 2. The van der Waals surface area contributed by atoms with Gasteiger partial charge in [-0.15, -0.1) is 0 Å². The van der Waals surface area contributed by atoms with Gasteiger partial charge in [0.05, 0.1) is 35.8 Å². The van der Waals surface area contributed by atoms with Crippen LogP contribution in [-0.4, -0.2) is 40.3 Å². The second kappa shape index (κ2) is 8.92. The molecule has 0 aliphatic rings. The molecule has 0 saturated heterocycles. The van der Waals surface area contributed by atoms with E-state index in [4.69, 9.17) is 26.2 Å². The van der Waals surface area contributed by atoms with Crippen LogP contribution in [0.4, 0.5) is 5.69 Å². The molecule has 162 valence electrons. The molecule has 2 N–H and O–H groups in total. The Morgan fingerprint density at radius 3 is 2.35 bits per heavy atom. The molecule has 3 aromatic rings. The maximum atomic E-state index is 12.8. The number of amides is 1. The van der Waals surface area contributed by atoms with Crippen LogP contribution in [0.5, 0.6) is 11.5 Å². The van der Waals surface area contributed by atoms with Crippen LogP contribution < -0.4 is 26.0 Å². The second-order valence-corrected chi connectivity index (χ2v) is 6.81. The molecule has 0 fully saturated rings. The van der Waals surface area contributed by atoms with Crippen molar-refractivity contribution in [1.82, 2.24) is 9.13 Å². The maximum Gasteiger partial charge on any atom is 0.332 e. The SMILES string of the molecule is COc1cc(OC)c(NC(=O)Cn2c(=O)n(CC(=O)O)c(=O)c3ccccc32)cc1Cl. The summed E-state index contributed by atoms with van der Waals surface area (Å²) in [6, 6.07) is 9.06. The minimum Gasteiger partial charge on any atom is -0.495 e. The summed E-state index contributed by atoms with van der Waals surface area (Å²) >= 11 is 6.11. The first-order valence-corrected chi connectivity index (χ1v) is 9.30. The summed E-state index contributed by atoms with van der Waals surface area (Å²) in [5, 5.41) is 12.0. The van der Waals surface area contributed by atoms with Gasteiger partial charge >= 0.3 is 11.7 Å². The molecular formula is C20H18ClN3O7. The van der Waals surface area contributed by atoms with Crippen molar-refractivity contribution in [2.45, 2.75) is 13.1 Å². The number of fused-ring (bicyclic) bond motifs is 1.